The van der Waals surface area contributed by atoms with Crippen LogP contribution in [0.4, 0.5) is 0 Å². The van der Waals surface area contributed by atoms with E-state index in [1.54, 1.807) is 0 Å². The molecule has 0 unspecified atom stereocenters. The van der Waals surface area contributed by atoms with Crippen molar-refractivity contribution in [3.05, 3.63) is 40.0 Å². The van der Waals surface area contributed by atoms with E-state index in [2.05, 4.69) is 27.6 Å². The first-order valence-corrected chi connectivity index (χ1v) is 5.54. The third-order valence-corrected chi connectivity index (χ3v) is 3.65. The summed E-state index contributed by atoms with van der Waals surface area (Å²) in [5.74, 6) is 0. The van der Waals surface area contributed by atoms with Crippen molar-refractivity contribution in [2.24, 2.45) is 0 Å². The van der Waals surface area contributed by atoms with E-state index in [1.165, 1.54) is 22.4 Å². The summed E-state index contributed by atoms with van der Waals surface area (Å²) in [6.45, 7) is 0.883. The largest absolute Gasteiger partial charge is 0.245 e. The van der Waals surface area contributed by atoms with Gasteiger partial charge in [0.1, 0.15) is 0 Å². The molecule has 0 spiro atoms. The van der Waals surface area contributed by atoms with Gasteiger partial charge in [-0.2, -0.15) is 0 Å². The number of rotatable bonds is 0. The minimum Gasteiger partial charge on any atom is -0.245 e. The Morgan fingerprint density at radius 2 is 2.29 bits per heavy atom. The fourth-order valence-electron chi connectivity index (χ4n) is 2.06. The third kappa shape index (κ3) is 1.13. The zero-order valence-corrected chi connectivity index (χ0v) is 9.69. The number of halogens is 2. The van der Waals surface area contributed by atoms with Crippen LogP contribution in [0.2, 0.25) is 5.02 Å². The summed E-state index contributed by atoms with van der Waals surface area (Å²) in [7, 11) is 0. The third-order valence-electron chi connectivity index (χ3n) is 2.73. The topological polar surface area (TPSA) is 15.3 Å². The van der Waals surface area contributed by atoms with Gasteiger partial charge in [-0.25, -0.2) is 9.46 Å². The van der Waals surface area contributed by atoms with E-state index >= 15 is 0 Å². The standard InChI is InChI=1S/C10H8BrClN2/c11-14-10-3-6-1-2-7(12)4-8(6)9(10)5-13-14/h1-2,4,13H,3,5H2. The first-order valence-electron chi connectivity index (χ1n) is 4.46. The summed E-state index contributed by atoms with van der Waals surface area (Å²) in [5, 5.41) is 0.811. The second kappa shape index (κ2) is 2.99. The van der Waals surface area contributed by atoms with Gasteiger partial charge < -0.3 is 0 Å². The second-order valence-electron chi connectivity index (χ2n) is 3.52. The van der Waals surface area contributed by atoms with Gasteiger partial charge >= 0.3 is 0 Å². The molecule has 0 fully saturated rings. The lowest BCUT2D eigenvalue weighted by Crippen LogP contribution is -2.22. The van der Waals surface area contributed by atoms with Gasteiger partial charge in [-0.15, -0.1) is 0 Å². The zero-order chi connectivity index (χ0) is 9.71. The molecule has 3 rings (SSSR count). The molecule has 1 aromatic carbocycles. The van der Waals surface area contributed by atoms with E-state index in [-0.39, 0.29) is 0 Å². The minimum absolute atomic E-state index is 0.811. The van der Waals surface area contributed by atoms with E-state index in [9.17, 15) is 0 Å². The fourth-order valence-corrected chi connectivity index (χ4v) is 2.69. The average molecular weight is 272 g/mol. The van der Waals surface area contributed by atoms with Crippen molar-refractivity contribution in [2.75, 3.05) is 6.54 Å². The molecule has 1 aromatic rings. The second-order valence-corrected chi connectivity index (χ2v) is 4.66. The lowest BCUT2D eigenvalue weighted by atomic mass is 10.1. The molecule has 0 saturated carbocycles. The Labute approximate surface area is 95.9 Å². The molecule has 0 aromatic heterocycles. The van der Waals surface area contributed by atoms with Crippen LogP contribution in [0.5, 0.6) is 0 Å². The Hall–Kier alpha value is -0.510. The van der Waals surface area contributed by atoms with Crippen molar-refractivity contribution in [3.8, 4) is 0 Å². The van der Waals surface area contributed by atoms with E-state index < -0.39 is 0 Å². The van der Waals surface area contributed by atoms with Gasteiger partial charge in [0, 0.05) is 18.0 Å². The van der Waals surface area contributed by atoms with E-state index in [4.69, 9.17) is 11.6 Å². The van der Waals surface area contributed by atoms with Crippen molar-refractivity contribution in [1.29, 1.82) is 0 Å². The molecule has 1 aliphatic carbocycles. The molecule has 0 saturated heterocycles. The summed E-state index contributed by atoms with van der Waals surface area (Å²) < 4.78 is 1.93. The zero-order valence-electron chi connectivity index (χ0n) is 7.35. The lowest BCUT2D eigenvalue weighted by Gasteiger charge is -2.12. The maximum Gasteiger partial charge on any atom is 0.0668 e. The summed E-state index contributed by atoms with van der Waals surface area (Å²) in [4.78, 5) is 0. The molecule has 1 N–H and O–H groups in total. The number of hydrogen-bond acceptors (Lipinski definition) is 2. The Morgan fingerprint density at radius 1 is 1.43 bits per heavy atom. The highest BCUT2D eigenvalue weighted by atomic mass is 79.9. The Kier molecular flexibility index (Phi) is 1.87. The van der Waals surface area contributed by atoms with Crippen LogP contribution in [0, 0.1) is 0 Å². The average Bonchev–Trinajstić information content (AvgIpc) is 2.67. The molecular weight excluding hydrogens is 263 g/mol. The normalized spacial score (nSPS) is 18.9. The van der Waals surface area contributed by atoms with Crippen LogP contribution in [0.3, 0.4) is 0 Å². The first-order chi connectivity index (χ1) is 6.75. The van der Waals surface area contributed by atoms with Crippen LogP contribution in [0.25, 0.3) is 5.57 Å². The maximum absolute atomic E-state index is 5.98. The molecule has 14 heavy (non-hydrogen) atoms. The van der Waals surface area contributed by atoms with Gasteiger partial charge in [-0.3, -0.25) is 0 Å². The van der Waals surface area contributed by atoms with E-state index in [0.717, 1.165) is 18.0 Å². The SMILES string of the molecule is Clc1ccc2c(c1)C1=C(C2)N(Br)NC1. The highest BCUT2D eigenvalue weighted by Crippen LogP contribution is 2.38. The monoisotopic (exact) mass is 270 g/mol. The summed E-state index contributed by atoms with van der Waals surface area (Å²) in [5.41, 5.74) is 8.54. The number of benzene rings is 1. The molecule has 1 heterocycles. The predicted molar refractivity (Wildman–Crippen MR) is 60.8 cm³/mol. The van der Waals surface area contributed by atoms with Crippen LogP contribution in [-0.2, 0) is 6.42 Å². The number of allylic oxidation sites excluding steroid dienone is 1. The Morgan fingerprint density at radius 3 is 3.14 bits per heavy atom. The number of nitrogens with zero attached hydrogens (tertiary/aromatic N) is 1. The van der Waals surface area contributed by atoms with Crippen LogP contribution in [-0.4, -0.2) is 10.6 Å². The molecular formula is C10H8BrClN2. The van der Waals surface area contributed by atoms with E-state index in [0.29, 0.717) is 0 Å². The molecule has 72 valence electrons. The number of hydrazine groups is 1. The first kappa shape index (κ1) is 8.77. The van der Waals surface area contributed by atoms with Gasteiger partial charge in [0.05, 0.1) is 21.8 Å². The van der Waals surface area contributed by atoms with Crippen LogP contribution in [0.1, 0.15) is 11.1 Å². The molecule has 0 atom stereocenters. The van der Waals surface area contributed by atoms with Gasteiger partial charge in [0.25, 0.3) is 0 Å². The van der Waals surface area contributed by atoms with Crippen LogP contribution >= 0.6 is 27.7 Å². The quantitative estimate of drug-likeness (QED) is 0.730. The molecule has 4 heteroatoms. The Bertz CT molecular complexity index is 442. The highest BCUT2D eigenvalue weighted by Gasteiger charge is 2.29. The van der Waals surface area contributed by atoms with Crippen molar-refractivity contribution in [2.45, 2.75) is 6.42 Å². The van der Waals surface area contributed by atoms with E-state index in [1.807, 2.05) is 16.2 Å². The summed E-state index contributed by atoms with van der Waals surface area (Å²) >= 11 is 9.44. The van der Waals surface area contributed by atoms with Gasteiger partial charge in [-0.1, -0.05) is 17.7 Å². The number of nitrogens with one attached hydrogen (secondary N) is 1. The molecule has 2 aliphatic rings. The highest BCUT2D eigenvalue weighted by molar-refractivity contribution is 9.07. The maximum atomic E-state index is 5.98. The van der Waals surface area contributed by atoms with Crippen LogP contribution < -0.4 is 5.43 Å². The predicted octanol–water partition coefficient (Wildman–Crippen LogP) is 2.74. The molecule has 1 aliphatic heterocycles. The fraction of sp³-hybridized carbons (Fsp3) is 0.200. The molecule has 0 radical (unpaired) electrons. The van der Waals surface area contributed by atoms with Crippen molar-refractivity contribution in [3.63, 3.8) is 0 Å². The van der Waals surface area contributed by atoms with Gasteiger partial charge in [0.2, 0.25) is 0 Å². The van der Waals surface area contributed by atoms with Crippen LogP contribution in [0.15, 0.2) is 23.9 Å². The van der Waals surface area contributed by atoms with Gasteiger partial charge in [-0.05, 0) is 28.8 Å². The number of fused-ring (bicyclic) bond motifs is 2. The molecule has 0 bridgehead atoms. The van der Waals surface area contributed by atoms with Crippen molar-refractivity contribution < 1.29 is 0 Å². The van der Waals surface area contributed by atoms with Crippen molar-refractivity contribution >= 4 is 33.3 Å². The minimum atomic E-state index is 0.811. The Balaban J connectivity index is 2.15. The summed E-state index contributed by atoms with van der Waals surface area (Å²) in [6, 6.07) is 6.11. The molecule has 0 amide bonds. The summed E-state index contributed by atoms with van der Waals surface area (Å²) in [6.07, 6.45) is 0.986. The van der Waals surface area contributed by atoms with Gasteiger partial charge in [0.15, 0.2) is 0 Å². The molecule has 2 nitrogen and oxygen atoms in total. The smallest absolute Gasteiger partial charge is 0.0668 e. The lowest BCUT2D eigenvalue weighted by molar-refractivity contribution is 0.493. The number of hydrogen-bond donors (Lipinski definition) is 1. The van der Waals surface area contributed by atoms with Crippen molar-refractivity contribution in [1.82, 2.24) is 9.46 Å².